The SMILES string of the molecule is COc1cc(C)c(C(=O)NC(CCOC2CC(CCc3ccc4c(n3)NCCC4)C2)C(O)O)c(C)c1. The first kappa shape index (κ1) is 26.4. The number of aliphatic hydroxyl groups excluding tert-OH is 1. The normalized spacial score (nSPS) is 19.7. The van der Waals surface area contributed by atoms with Crippen LogP contribution in [0.2, 0.25) is 0 Å². The highest BCUT2D eigenvalue weighted by molar-refractivity contribution is 5.97. The van der Waals surface area contributed by atoms with Crippen LogP contribution < -0.4 is 15.4 Å². The van der Waals surface area contributed by atoms with Crippen LogP contribution in [0, 0.1) is 19.8 Å². The van der Waals surface area contributed by atoms with E-state index in [1.165, 1.54) is 12.0 Å². The molecule has 8 heteroatoms. The molecule has 1 aliphatic carbocycles. The lowest BCUT2D eigenvalue weighted by molar-refractivity contribution is -0.0819. The number of nitrogens with zero attached hydrogens (tertiary/aromatic N) is 1. The number of pyridine rings is 1. The first-order chi connectivity index (χ1) is 17.3. The molecule has 1 fully saturated rings. The van der Waals surface area contributed by atoms with E-state index in [4.69, 9.17) is 14.5 Å². The van der Waals surface area contributed by atoms with E-state index in [1.807, 2.05) is 13.8 Å². The number of rotatable bonds is 11. The molecule has 1 aliphatic heterocycles. The van der Waals surface area contributed by atoms with Gasteiger partial charge in [-0.2, -0.15) is 0 Å². The number of aryl methyl sites for hydroxylation is 4. The first-order valence-electron chi connectivity index (χ1n) is 13.0. The van der Waals surface area contributed by atoms with Gasteiger partial charge in [0.1, 0.15) is 11.6 Å². The number of hydrogen-bond acceptors (Lipinski definition) is 7. The summed E-state index contributed by atoms with van der Waals surface area (Å²) in [4.78, 5) is 17.6. The molecule has 2 heterocycles. The fraction of sp³-hybridized carbons (Fsp3) is 0.571. The summed E-state index contributed by atoms with van der Waals surface area (Å²) in [5.41, 5.74) is 4.53. The van der Waals surface area contributed by atoms with Gasteiger partial charge in [0.15, 0.2) is 6.29 Å². The van der Waals surface area contributed by atoms with E-state index in [2.05, 4.69) is 22.8 Å². The number of amides is 1. The van der Waals surface area contributed by atoms with E-state index in [1.54, 1.807) is 19.2 Å². The Morgan fingerprint density at radius 3 is 2.67 bits per heavy atom. The van der Waals surface area contributed by atoms with Crippen LogP contribution >= 0.6 is 0 Å². The van der Waals surface area contributed by atoms with Crippen LogP contribution in [0.3, 0.4) is 0 Å². The van der Waals surface area contributed by atoms with Crippen molar-refractivity contribution in [2.24, 2.45) is 5.92 Å². The lowest BCUT2D eigenvalue weighted by atomic mass is 9.79. The van der Waals surface area contributed by atoms with Gasteiger partial charge in [-0.05, 0) is 99.6 Å². The molecule has 2 aromatic rings. The average molecular weight is 498 g/mol. The van der Waals surface area contributed by atoms with Gasteiger partial charge in [-0.25, -0.2) is 4.98 Å². The Bertz CT molecular complexity index is 1030. The van der Waals surface area contributed by atoms with Gasteiger partial charge >= 0.3 is 0 Å². The second-order valence-corrected chi connectivity index (χ2v) is 10.1. The number of fused-ring (bicyclic) bond motifs is 1. The molecule has 0 saturated heterocycles. The fourth-order valence-electron chi connectivity index (χ4n) is 5.20. The number of carbonyl (C=O) groups is 1. The second kappa shape index (κ2) is 12.0. The molecule has 4 N–H and O–H groups in total. The van der Waals surface area contributed by atoms with E-state index in [9.17, 15) is 15.0 Å². The van der Waals surface area contributed by atoms with Gasteiger partial charge in [-0.15, -0.1) is 0 Å². The molecule has 1 aromatic heterocycles. The third kappa shape index (κ3) is 6.55. The van der Waals surface area contributed by atoms with Crippen molar-refractivity contribution in [3.63, 3.8) is 0 Å². The van der Waals surface area contributed by atoms with Crippen molar-refractivity contribution in [3.8, 4) is 5.75 Å². The molecular weight excluding hydrogens is 458 g/mol. The summed E-state index contributed by atoms with van der Waals surface area (Å²) in [6.07, 6.45) is 5.21. The highest BCUT2D eigenvalue weighted by Crippen LogP contribution is 2.34. The van der Waals surface area contributed by atoms with Crippen LogP contribution in [-0.2, 0) is 17.6 Å². The van der Waals surface area contributed by atoms with Crippen molar-refractivity contribution in [1.82, 2.24) is 10.3 Å². The lowest BCUT2D eigenvalue weighted by Gasteiger charge is -2.35. The summed E-state index contributed by atoms with van der Waals surface area (Å²) >= 11 is 0. The smallest absolute Gasteiger partial charge is 0.252 e. The lowest BCUT2D eigenvalue weighted by Crippen LogP contribution is -2.45. The Morgan fingerprint density at radius 2 is 1.97 bits per heavy atom. The summed E-state index contributed by atoms with van der Waals surface area (Å²) < 4.78 is 11.2. The maximum Gasteiger partial charge on any atom is 0.252 e. The van der Waals surface area contributed by atoms with Gasteiger partial charge in [0.25, 0.3) is 5.91 Å². The van der Waals surface area contributed by atoms with Crippen LogP contribution in [0.1, 0.15) is 64.8 Å². The first-order valence-corrected chi connectivity index (χ1v) is 13.0. The third-order valence-corrected chi connectivity index (χ3v) is 7.38. The van der Waals surface area contributed by atoms with Crippen LogP contribution in [0.15, 0.2) is 24.3 Å². The number of ether oxygens (including phenoxy) is 2. The summed E-state index contributed by atoms with van der Waals surface area (Å²) in [6, 6.07) is 7.14. The molecule has 0 spiro atoms. The predicted molar refractivity (Wildman–Crippen MR) is 138 cm³/mol. The van der Waals surface area contributed by atoms with Gasteiger partial charge in [0, 0.05) is 24.4 Å². The summed E-state index contributed by atoms with van der Waals surface area (Å²) in [5.74, 6) is 2.03. The van der Waals surface area contributed by atoms with E-state index < -0.39 is 12.3 Å². The Kier molecular flexibility index (Phi) is 8.82. The molecule has 0 radical (unpaired) electrons. The fourth-order valence-corrected chi connectivity index (χ4v) is 5.20. The summed E-state index contributed by atoms with van der Waals surface area (Å²) in [5, 5.41) is 25.8. The zero-order valence-electron chi connectivity index (χ0n) is 21.5. The van der Waals surface area contributed by atoms with Crippen molar-refractivity contribution in [2.45, 2.75) is 77.2 Å². The molecule has 1 saturated carbocycles. The Labute approximate surface area is 213 Å². The van der Waals surface area contributed by atoms with Crippen molar-refractivity contribution in [1.29, 1.82) is 0 Å². The molecule has 8 nitrogen and oxygen atoms in total. The summed E-state index contributed by atoms with van der Waals surface area (Å²) in [6.45, 7) is 5.04. The molecular formula is C28H39N3O5. The maximum atomic E-state index is 12.9. The average Bonchev–Trinajstić information content (AvgIpc) is 2.83. The van der Waals surface area contributed by atoms with Crippen LogP contribution in [0.5, 0.6) is 5.75 Å². The van der Waals surface area contributed by atoms with Crippen molar-refractivity contribution >= 4 is 11.7 Å². The molecule has 36 heavy (non-hydrogen) atoms. The third-order valence-electron chi connectivity index (χ3n) is 7.38. The van der Waals surface area contributed by atoms with Gasteiger partial charge < -0.3 is 30.3 Å². The second-order valence-electron chi connectivity index (χ2n) is 10.1. The number of nitrogens with one attached hydrogen (secondary N) is 2. The van der Waals surface area contributed by atoms with E-state index in [-0.39, 0.29) is 12.0 Å². The molecule has 196 valence electrons. The Morgan fingerprint density at radius 1 is 1.22 bits per heavy atom. The highest BCUT2D eigenvalue weighted by Gasteiger charge is 2.30. The molecule has 1 atom stereocenters. The number of hydrogen-bond donors (Lipinski definition) is 4. The van der Waals surface area contributed by atoms with E-state index in [0.29, 0.717) is 30.3 Å². The quantitative estimate of drug-likeness (QED) is 0.352. The minimum Gasteiger partial charge on any atom is -0.497 e. The molecule has 1 aromatic carbocycles. The number of methoxy groups -OCH3 is 1. The Balaban J connectivity index is 1.18. The van der Waals surface area contributed by atoms with Crippen LogP contribution in [0.25, 0.3) is 0 Å². The van der Waals surface area contributed by atoms with E-state index >= 15 is 0 Å². The topological polar surface area (TPSA) is 113 Å². The van der Waals surface area contributed by atoms with Gasteiger partial charge in [0.05, 0.1) is 19.3 Å². The van der Waals surface area contributed by atoms with Crippen molar-refractivity contribution in [3.05, 3.63) is 52.2 Å². The molecule has 1 amide bonds. The number of aromatic nitrogens is 1. The van der Waals surface area contributed by atoms with Crippen molar-refractivity contribution < 1.29 is 24.5 Å². The minimum absolute atomic E-state index is 0.187. The number of aliphatic hydroxyl groups is 2. The van der Waals surface area contributed by atoms with Gasteiger partial charge in [0.2, 0.25) is 0 Å². The molecule has 1 unspecified atom stereocenters. The minimum atomic E-state index is -1.66. The standard InChI is InChI=1S/C28H39N3O5/c1-17-13-22(35-3)14-18(2)25(17)27(32)31-24(28(33)34)10-12-36-23-15-19(16-23)6-8-21-9-7-20-5-4-11-29-26(20)30-21/h7,9,13-14,19,23-24,28,33-34H,4-6,8,10-12,15-16H2,1-3H3,(H,29,30)(H,31,32). The largest absolute Gasteiger partial charge is 0.497 e. The van der Waals surface area contributed by atoms with Crippen molar-refractivity contribution in [2.75, 3.05) is 25.6 Å². The maximum absolute atomic E-state index is 12.9. The molecule has 4 rings (SSSR count). The highest BCUT2D eigenvalue weighted by atomic mass is 16.5. The summed E-state index contributed by atoms with van der Waals surface area (Å²) in [7, 11) is 1.58. The molecule has 0 bridgehead atoms. The van der Waals surface area contributed by atoms with Crippen LogP contribution in [-0.4, -0.2) is 59.8 Å². The van der Waals surface area contributed by atoms with E-state index in [0.717, 1.165) is 61.3 Å². The number of benzene rings is 1. The number of anilines is 1. The van der Waals surface area contributed by atoms with Gasteiger partial charge in [-0.1, -0.05) is 6.07 Å². The zero-order chi connectivity index (χ0) is 25.7. The predicted octanol–water partition coefficient (Wildman–Crippen LogP) is 3.29. The van der Waals surface area contributed by atoms with Crippen LogP contribution in [0.4, 0.5) is 5.82 Å². The number of carbonyl (C=O) groups excluding carboxylic acids is 1. The Hall–Kier alpha value is -2.68. The zero-order valence-corrected chi connectivity index (χ0v) is 21.5. The molecule has 2 aliphatic rings. The monoisotopic (exact) mass is 497 g/mol. The van der Waals surface area contributed by atoms with Gasteiger partial charge in [-0.3, -0.25) is 4.79 Å².